The molecular weight excluding hydrogens is 278 g/mol. The van der Waals surface area contributed by atoms with Crippen LogP contribution in [0.3, 0.4) is 0 Å². The maximum Gasteiger partial charge on any atom is 0.161 e. The lowest BCUT2D eigenvalue weighted by atomic mass is 10.1. The highest BCUT2D eigenvalue weighted by atomic mass is 32.2. The van der Waals surface area contributed by atoms with Crippen molar-refractivity contribution in [3.8, 4) is 11.5 Å². The molecule has 0 amide bonds. The Morgan fingerprint density at radius 1 is 1.25 bits per heavy atom. The molecule has 6 heteroatoms. The lowest BCUT2D eigenvalue weighted by molar-refractivity contribution is 0.294. The van der Waals surface area contributed by atoms with Gasteiger partial charge < -0.3 is 15.2 Å². The Morgan fingerprint density at radius 3 is 2.60 bits per heavy atom. The molecule has 0 spiro atoms. The van der Waals surface area contributed by atoms with Crippen LogP contribution in [0.1, 0.15) is 18.9 Å². The van der Waals surface area contributed by atoms with E-state index in [1.54, 1.807) is 14.0 Å². The Bertz CT molecular complexity index is 514. The van der Waals surface area contributed by atoms with Gasteiger partial charge in [0.2, 0.25) is 0 Å². The van der Waals surface area contributed by atoms with Gasteiger partial charge in [-0.3, -0.25) is 0 Å². The average molecular weight is 301 g/mol. The van der Waals surface area contributed by atoms with Crippen molar-refractivity contribution < 1.29 is 17.9 Å². The van der Waals surface area contributed by atoms with E-state index < -0.39 is 9.84 Å². The molecule has 0 aliphatic carbocycles. The maximum absolute atomic E-state index is 11.4. The first-order chi connectivity index (χ1) is 9.52. The average Bonchev–Trinajstić information content (AvgIpc) is 2.44. The topological polar surface area (TPSA) is 78.6 Å². The molecule has 0 fully saturated rings. The summed E-state index contributed by atoms with van der Waals surface area (Å²) in [5, 5.41) is 0. The van der Waals surface area contributed by atoms with Crippen molar-refractivity contribution in [3.05, 3.63) is 23.8 Å². The van der Waals surface area contributed by atoms with Crippen LogP contribution >= 0.6 is 0 Å². The molecule has 1 aromatic rings. The number of hydrogen-bond acceptors (Lipinski definition) is 5. The minimum atomic E-state index is -2.93. The van der Waals surface area contributed by atoms with Crippen LogP contribution in [0.4, 0.5) is 0 Å². The van der Waals surface area contributed by atoms with Crippen molar-refractivity contribution in [1.29, 1.82) is 0 Å². The predicted molar refractivity (Wildman–Crippen MR) is 80.2 cm³/mol. The lowest BCUT2D eigenvalue weighted by Crippen LogP contribution is -2.12. The van der Waals surface area contributed by atoms with Crippen molar-refractivity contribution >= 4 is 9.84 Å². The van der Waals surface area contributed by atoms with Gasteiger partial charge in [0.25, 0.3) is 0 Å². The third kappa shape index (κ3) is 5.38. The fourth-order valence-corrected chi connectivity index (χ4v) is 2.61. The van der Waals surface area contributed by atoms with Gasteiger partial charge in [0, 0.05) is 5.75 Å². The summed E-state index contributed by atoms with van der Waals surface area (Å²) in [6, 6.07) is 5.67. The van der Waals surface area contributed by atoms with Crippen LogP contribution in [-0.2, 0) is 16.3 Å². The van der Waals surface area contributed by atoms with Gasteiger partial charge in [-0.2, -0.15) is 0 Å². The van der Waals surface area contributed by atoms with E-state index >= 15 is 0 Å². The van der Waals surface area contributed by atoms with E-state index in [0.717, 1.165) is 12.0 Å². The van der Waals surface area contributed by atoms with Crippen LogP contribution in [0.25, 0.3) is 0 Å². The highest BCUT2D eigenvalue weighted by Crippen LogP contribution is 2.28. The van der Waals surface area contributed by atoms with E-state index in [2.05, 4.69) is 0 Å². The molecule has 0 saturated heterocycles. The first-order valence-corrected chi connectivity index (χ1v) is 8.54. The number of ether oxygens (including phenoxy) is 2. The zero-order valence-electron chi connectivity index (χ0n) is 12.1. The summed E-state index contributed by atoms with van der Waals surface area (Å²) >= 11 is 0. The van der Waals surface area contributed by atoms with Gasteiger partial charge in [0.05, 0.1) is 19.5 Å². The second-order valence-electron chi connectivity index (χ2n) is 4.46. The molecule has 1 aromatic carbocycles. The van der Waals surface area contributed by atoms with E-state index in [9.17, 15) is 8.42 Å². The number of methoxy groups -OCH3 is 1. The third-order valence-electron chi connectivity index (χ3n) is 2.96. The second kappa shape index (κ2) is 8.11. The van der Waals surface area contributed by atoms with E-state index in [-0.39, 0.29) is 11.5 Å². The standard InChI is InChI=1S/C14H23NO4S/c1-3-20(16,17)10-4-9-19-14-11-12(7-8-15)5-6-13(14)18-2/h5-6,11H,3-4,7-10,15H2,1-2H3. The van der Waals surface area contributed by atoms with Crippen LogP contribution in [0.5, 0.6) is 11.5 Å². The zero-order valence-corrected chi connectivity index (χ0v) is 12.9. The summed E-state index contributed by atoms with van der Waals surface area (Å²) < 4.78 is 33.6. The summed E-state index contributed by atoms with van der Waals surface area (Å²) in [5.41, 5.74) is 6.60. The number of nitrogens with two attached hydrogens (primary N) is 1. The molecule has 1 rings (SSSR count). The maximum atomic E-state index is 11.4. The van der Waals surface area contributed by atoms with Gasteiger partial charge >= 0.3 is 0 Å². The molecule has 5 nitrogen and oxygen atoms in total. The smallest absolute Gasteiger partial charge is 0.161 e. The quantitative estimate of drug-likeness (QED) is 0.698. The Kier molecular flexibility index (Phi) is 6.81. The van der Waals surface area contributed by atoms with Gasteiger partial charge in [-0.1, -0.05) is 13.0 Å². The van der Waals surface area contributed by atoms with Gasteiger partial charge in [0.15, 0.2) is 11.5 Å². The fraction of sp³-hybridized carbons (Fsp3) is 0.571. The van der Waals surface area contributed by atoms with Crippen LogP contribution < -0.4 is 15.2 Å². The molecule has 0 bridgehead atoms. The fourth-order valence-electron chi connectivity index (χ4n) is 1.76. The zero-order chi connectivity index (χ0) is 15.0. The number of hydrogen-bond donors (Lipinski definition) is 1. The normalized spacial score (nSPS) is 11.3. The summed E-state index contributed by atoms with van der Waals surface area (Å²) in [6.07, 6.45) is 1.24. The second-order valence-corrected chi connectivity index (χ2v) is 6.94. The molecule has 0 heterocycles. The Labute approximate surface area is 121 Å². The first kappa shape index (κ1) is 16.8. The first-order valence-electron chi connectivity index (χ1n) is 6.72. The molecule has 20 heavy (non-hydrogen) atoms. The highest BCUT2D eigenvalue weighted by Gasteiger charge is 2.09. The van der Waals surface area contributed by atoms with E-state index in [0.29, 0.717) is 31.1 Å². The van der Waals surface area contributed by atoms with Crippen molar-refractivity contribution in [2.75, 3.05) is 31.8 Å². The van der Waals surface area contributed by atoms with Gasteiger partial charge in [-0.05, 0) is 37.1 Å². The van der Waals surface area contributed by atoms with Gasteiger partial charge in [-0.15, -0.1) is 0 Å². The minimum Gasteiger partial charge on any atom is -0.493 e. The summed E-state index contributed by atoms with van der Waals surface area (Å²) in [7, 11) is -1.36. The summed E-state index contributed by atoms with van der Waals surface area (Å²) in [6.45, 7) is 2.57. The van der Waals surface area contributed by atoms with Crippen molar-refractivity contribution in [2.45, 2.75) is 19.8 Å². The molecule has 2 N–H and O–H groups in total. The molecule has 0 aliphatic rings. The van der Waals surface area contributed by atoms with Crippen molar-refractivity contribution in [2.24, 2.45) is 5.73 Å². The highest BCUT2D eigenvalue weighted by molar-refractivity contribution is 7.91. The number of sulfone groups is 1. The Balaban J connectivity index is 2.59. The van der Waals surface area contributed by atoms with Gasteiger partial charge in [0.1, 0.15) is 9.84 Å². The van der Waals surface area contributed by atoms with E-state index in [1.807, 2.05) is 18.2 Å². The van der Waals surface area contributed by atoms with Crippen LogP contribution in [0, 0.1) is 0 Å². The SMILES string of the molecule is CCS(=O)(=O)CCCOc1cc(CCN)ccc1OC. The molecule has 0 radical (unpaired) electrons. The Hall–Kier alpha value is -1.27. The largest absolute Gasteiger partial charge is 0.493 e. The minimum absolute atomic E-state index is 0.147. The van der Waals surface area contributed by atoms with E-state index in [1.165, 1.54) is 0 Å². The molecule has 114 valence electrons. The Morgan fingerprint density at radius 2 is 2.00 bits per heavy atom. The van der Waals surface area contributed by atoms with Gasteiger partial charge in [-0.25, -0.2) is 8.42 Å². The molecule has 0 aliphatic heterocycles. The summed E-state index contributed by atoms with van der Waals surface area (Å²) in [5.74, 6) is 1.59. The molecule has 0 unspecified atom stereocenters. The number of rotatable bonds is 9. The monoisotopic (exact) mass is 301 g/mol. The van der Waals surface area contributed by atoms with E-state index in [4.69, 9.17) is 15.2 Å². The third-order valence-corrected chi connectivity index (χ3v) is 4.75. The van der Waals surface area contributed by atoms with Crippen LogP contribution in [0.2, 0.25) is 0 Å². The van der Waals surface area contributed by atoms with Crippen LogP contribution in [0.15, 0.2) is 18.2 Å². The molecular formula is C14H23NO4S. The summed E-state index contributed by atoms with van der Waals surface area (Å²) in [4.78, 5) is 0. The predicted octanol–water partition coefficient (Wildman–Crippen LogP) is 1.40. The molecule has 0 saturated carbocycles. The number of benzene rings is 1. The lowest BCUT2D eigenvalue weighted by Gasteiger charge is -2.12. The van der Waals surface area contributed by atoms with Crippen molar-refractivity contribution in [3.63, 3.8) is 0 Å². The van der Waals surface area contributed by atoms with Crippen molar-refractivity contribution in [1.82, 2.24) is 0 Å². The van der Waals surface area contributed by atoms with Crippen LogP contribution in [-0.4, -0.2) is 40.2 Å². The molecule has 0 atom stereocenters. The molecule has 0 aromatic heterocycles.